The van der Waals surface area contributed by atoms with Crippen LogP contribution in [0.3, 0.4) is 0 Å². The maximum atomic E-state index is 12.3. The largest absolute Gasteiger partial charge is 0.448 e. The Morgan fingerprint density at radius 3 is 1.57 bits per heavy atom. The fourth-order valence-electron chi connectivity index (χ4n) is 4.97. The third-order valence-corrected chi connectivity index (χ3v) is 10.5. The maximum absolute atomic E-state index is 12.3. The lowest BCUT2D eigenvalue weighted by atomic mass is 10.1. The van der Waals surface area contributed by atoms with Gasteiger partial charge in [-0.05, 0) is 37.4 Å². The third kappa shape index (κ3) is 29.4. The highest BCUT2D eigenvalue weighted by molar-refractivity contribution is 8.03. The summed E-state index contributed by atoms with van der Waals surface area (Å²) in [5.74, 6) is 3.52. The van der Waals surface area contributed by atoms with Gasteiger partial charge in [-0.15, -0.1) is 0 Å². The topological polar surface area (TPSA) is 41.6 Å². The van der Waals surface area contributed by atoms with Gasteiger partial charge in [-0.1, -0.05) is 143 Å². The van der Waals surface area contributed by atoms with Crippen molar-refractivity contribution in [1.29, 1.82) is 0 Å². The summed E-state index contributed by atoms with van der Waals surface area (Å²) in [4.78, 5) is 14.6. The van der Waals surface area contributed by atoms with E-state index in [1.54, 1.807) is 0 Å². The van der Waals surface area contributed by atoms with Gasteiger partial charge in [0.05, 0.1) is 0 Å². The standard InChI is InChI=1S/C34H70N2O2S2/c1-5-9-11-13-15-17-19-21-23-25-29-39-32-33(31-38-34(37)35-27-28-36(7-3)8-4)40-30-26-24-22-20-18-16-14-12-10-6-2/h33H,5-32H2,1-4H3,(H,35,37). The predicted octanol–water partition coefficient (Wildman–Crippen LogP) is 10.7. The van der Waals surface area contributed by atoms with E-state index in [9.17, 15) is 4.79 Å². The van der Waals surface area contributed by atoms with Crippen LogP contribution in [0.25, 0.3) is 0 Å². The molecule has 40 heavy (non-hydrogen) atoms. The van der Waals surface area contributed by atoms with Crippen LogP contribution in [0.4, 0.5) is 4.79 Å². The van der Waals surface area contributed by atoms with E-state index in [1.165, 1.54) is 140 Å². The van der Waals surface area contributed by atoms with Gasteiger partial charge in [0.25, 0.3) is 0 Å². The molecule has 0 fully saturated rings. The molecule has 1 N–H and O–H groups in total. The number of likely N-dealkylation sites (N-methyl/N-ethyl adjacent to an activating group) is 1. The van der Waals surface area contributed by atoms with Crippen LogP contribution in [-0.2, 0) is 4.74 Å². The normalized spacial score (nSPS) is 12.2. The van der Waals surface area contributed by atoms with Gasteiger partial charge < -0.3 is 15.0 Å². The Morgan fingerprint density at radius 2 is 1.10 bits per heavy atom. The van der Waals surface area contributed by atoms with Crippen LogP contribution >= 0.6 is 23.5 Å². The molecule has 0 saturated carbocycles. The number of carbonyl (C=O) groups is 1. The molecule has 0 rings (SSSR count). The molecule has 0 radical (unpaired) electrons. The number of rotatable bonds is 32. The first-order valence-corrected chi connectivity index (χ1v) is 19.7. The molecular formula is C34H70N2O2S2. The Hall–Kier alpha value is -0.0700. The van der Waals surface area contributed by atoms with E-state index >= 15 is 0 Å². The molecule has 0 spiro atoms. The van der Waals surface area contributed by atoms with Crippen molar-refractivity contribution in [2.24, 2.45) is 0 Å². The first kappa shape index (κ1) is 39.9. The molecule has 0 aromatic heterocycles. The zero-order valence-electron chi connectivity index (χ0n) is 27.5. The third-order valence-electron chi connectivity index (χ3n) is 7.79. The summed E-state index contributed by atoms with van der Waals surface area (Å²) in [6.45, 7) is 13.0. The molecule has 0 aromatic rings. The van der Waals surface area contributed by atoms with Gasteiger partial charge in [-0.3, -0.25) is 0 Å². The van der Waals surface area contributed by atoms with E-state index in [2.05, 4.69) is 49.7 Å². The van der Waals surface area contributed by atoms with E-state index in [4.69, 9.17) is 4.74 Å². The minimum atomic E-state index is -0.253. The van der Waals surface area contributed by atoms with Gasteiger partial charge in [-0.25, -0.2) is 4.79 Å². The van der Waals surface area contributed by atoms with Gasteiger partial charge in [0, 0.05) is 24.1 Å². The summed E-state index contributed by atoms with van der Waals surface area (Å²) in [7, 11) is 0. The Morgan fingerprint density at radius 1 is 0.650 bits per heavy atom. The first-order chi connectivity index (χ1) is 19.7. The molecule has 0 aliphatic carbocycles. The molecule has 4 nitrogen and oxygen atoms in total. The molecular weight excluding hydrogens is 533 g/mol. The number of thioether (sulfide) groups is 2. The summed E-state index contributed by atoms with van der Waals surface area (Å²) in [5, 5.41) is 3.35. The fraction of sp³-hybridized carbons (Fsp3) is 0.971. The van der Waals surface area contributed by atoms with Gasteiger partial charge in [0.15, 0.2) is 0 Å². The Balaban J connectivity index is 4.07. The van der Waals surface area contributed by atoms with E-state index in [0.717, 1.165) is 25.4 Å². The summed E-state index contributed by atoms with van der Waals surface area (Å²) >= 11 is 4.09. The molecule has 0 aliphatic heterocycles. The van der Waals surface area contributed by atoms with E-state index in [-0.39, 0.29) is 6.09 Å². The monoisotopic (exact) mass is 602 g/mol. The van der Waals surface area contributed by atoms with Gasteiger partial charge in [0.1, 0.15) is 6.61 Å². The molecule has 0 saturated heterocycles. The number of hydrogen-bond donors (Lipinski definition) is 1. The highest BCUT2D eigenvalue weighted by Gasteiger charge is 2.13. The molecule has 0 heterocycles. The van der Waals surface area contributed by atoms with Gasteiger partial charge in [-0.2, -0.15) is 23.5 Å². The van der Waals surface area contributed by atoms with Crippen molar-refractivity contribution in [2.45, 2.75) is 161 Å². The van der Waals surface area contributed by atoms with Crippen LogP contribution in [0.15, 0.2) is 0 Å². The number of alkyl carbamates (subject to hydrolysis) is 1. The Labute approximate surface area is 260 Å². The number of amides is 1. The maximum Gasteiger partial charge on any atom is 0.407 e. The Bertz CT molecular complexity index is 506. The average Bonchev–Trinajstić information content (AvgIpc) is 2.96. The second-order valence-electron chi connectivity index (χ2n) is 11.5. The van der Waals surface area contributed by atoms with Crippen LogP contribution in [0.5, 0.6) is 0 Å². The van der Waals surface area contributed by atoms with Crippen molar-refractivity contribution in [3.63, 3.8) is 0 Å². The van der Waals surface area contributed by atoms with Crippen molar-refractivity contribution < 1.29 is 9.53 Å². The SMILES string of the molecule is CCCCCCCCCCCCSCC(COC(=O)NCCN(CC)CC)SCCCCCCCCCCCC. The summed E-state index contributed by atoms with van der Waals surface area (Å²) in [5.41, 5.74) is 0. The van der Waals surface area contributed by atoms with Crippen LogP contribution in [0, 0.1) is 0 Å². The second kappa shape index (κ2) is 33.4. The average molecular weight is 603 g/mol. The van der Waals surface area contributed by atoms with Gasteiger partial charge >= 0.3 is 6.09 Å². The molecule has 240 valence electrons. The molecule has 1 amide bonds. The number of carbonyl (C=O) groups excluding carboxylic acids is 1. The summed E-state index contributed by atoms with van der Waals surface area (Å²) < 4.78 is 5.66. The first-order valence-electron chi connectivity index (χ1n) is 17.5. The number of nitrogens with zero attached hydrogens (tertiary/aromatic N) is 1. The summed E-state index contributed by atoms with van der Waals surface area (Å²) in [6.07, 6.45) is 27.5. The van der Waals surface area contributed by atoms with Crippen LogP contribution in [0.2, 0.25) is 0 Å². The quantitative estimate of drug-likeness (QED) is 0.0776. The number of nitrogens with one attached hydrogen (secondary N) is 1. The smallest absolute Gasteiger partial charge is 0.407 e. The van der Waals surface area contributed by atoms with E-state index < -0.39 is 0 Å². The summed E-state index contributed by atoms with van der Waals surface area (Å²) in [6, 6.07) is 0. The molecule has 1 atom stereocenters. The minimum Gasteiger partial charge on any atom is -0.448 e. The van der Waals surface area contributed by atoms with Crippen LogP contribution < -0.4 is 5.32 Å². The highest BCUT2D eigenvalue weighted by atomic mass is 32.2. The minimum absolute atomic E-state index is 0.253. The van der Waals surface area contributed by atoms with Crippen LogP contribution in [-0.4, -0.2) is 66.3 Å². The van der Waals surface area contributed by atoms with Crippen molar-refractivity contribution in [3.8, 4) is 0 Å². The van der Waals surface area contributed by atoms with E-state index in [0.29, 0.717) is 18.4 Å². The molecule has 6 heteroatoms. The lowest BCUT2D eigenvalue weighted by Crippen LogP contribution is -2.36. The Kier molecular flexibility index (Phi) is 33.4. The predicted molar refractivity (Wildman–Crippen MR) is 184 cm³/mol. The van der Waals surface area contributed by atoms with Crippen molar-refractivity contribution >= 4 is 29.6 Å². The molecule has 0 bridgehead atoms. The lowest BCUT2D eigenvalue weighted by Gasteiger charge is -2.19. The van der Waals surface area contributed by atoms with E-state index in [1.807, 2.05) is 11.8 Å². The van der Waals surface area contributed by atoms with Crippen molar-refractivity contribution in [1.82, 2.24) is 10.2 Å². The van der Waals surface area contributed by atoms with Crippen LogP contribution in [0.1, 0.15) is 156 Å². The number of hydrogen-bond acceptors (Lipinski definition) is 5. The zero-order chi connectivity index (χ0) is 29.4. The molecule has 1 unspecified atom stereocenters. The number of ether oxygens (including phenoxy) is 1. The van der Waals surface area contributed by atoms with Gasteiger partial charge in [0.2, 0.25) is 0 Å². The highest BCUT2D eigenvalue weighted by Crippen LogP contribution is 2.21. The second-order valence-corrected chi connectivity index (χ2v) is 14.0. The lowest BCUT2D eigenvalue weighted by molar-refractivity contribution is 0.146. The molecule has 0 aliphatic rings. The zero-order valence-corrected chi connectivity index (χ0v) is 29.1. The fourth-order valence-corrected chi connectivity index (χ4v) is 7.44. The number of unbranched alkanes of at least 4 members (excludes halogenated alkanes) is 18. The van der Waals surface area contributed by atoms with Crippen molar-refractivity contribution in [2.75, 3.05) is 50.0 Å². The molecule has 0 aromatic carbocycles. The van der Waals surface area contributed by atoms with Crippen molar-refractivity contribution in [3.05, 3.63) is 0 Å².